The van der Waals surface area contributed by atoms with Crippen LogP contribution in [0.5, 0.6) is 0 Å². The first-order valence-electron chi connectivity index (χ1n) is 6.99. The fraction of sp³-hybridized carbons (Fsp3) is 0.929. The van der Waals surface area contributed by atoms with Gasteiger partial charge in [0, 0.05) is 28.8 Å². The molecule has 0 amide bonds. The van der Waals surface area contributed by atoms with E-state index in [9.17, 15) is 4.79 Å². The second kappa shape index (κ2) is 21.1. The Morgan fingerprint density at radius 1 is 0.833 bits per heavy atom. The zero-order valence-electron chi connectivity index (χ0n) is 13.8. The van der Waals surface area contributed by atoms with Crippen LogP contribution in [0.1, 0.15) is 86.8 Å². The van der Waals surface area contributed by atoms with Gasteiger partial charge in [-0.05, 0) is 6.42 Å². The van der Waals surface area contributed by atoms with Gasteiger partial charge < -0.3 is 7.96 Å². The predicted molar refractivity (Wildman–Crippen MR) is 76.7 cm³/mol. The third-order valence-corrected chi connectivity index (χ3v) is 2.99. The molecule has 0 aromatic carbocycles. The summed E-state index contributed by atoms with van der Waals surface area (Å²) in [6, 6.07) is 0. The summed E-state index contributed by atoms with van der Waals surface area (Å²) in [6.45, 7) is 2.25. The number of carbonyl (C=O) groups is 1. The Labute approximate surface area is 172 Å². The maximum absolute atomic E-state index is 10.3. The van der Waals surface area contributed by atoms with E-state index in [-0.39, 0.29) is 74.1 Å². The number of hydrogen-bond acceptors (Lipinski definition) is 1. The summed E-state index contributed by atoms with van der Waals surface area (Å²) in [5.41, 5.74) is 0. The average molecular weight is 565 g/mol. The van der Waals surface area contributed by atoms with Crippen molar-refractivity contribution in [3.05, 3.63) is 0 Å². The molecule has 4 heteroatoms. The Kier molecular flexibility index (Phi) is 29.0. The number of aliphatic carboxylic acids is 1. The Balaban J connectivity index is -0.000000187. The first-order valence-corrected chi connectivity index (χ1v) is 6.99. The van der Waals surface area contributed by atoms with Crippen LogP contribution in [0.25, 0.3) is 0 Å². The van der Waals surface area contributed by atoms with Gasteiger partial charge in [-0.2, -0.15) is 0 Å². The molecule has 0 aromatic rings. The molecule has 0 atom stereocenters. The molecule has 0 aliphatic carbocycles. The Morgan fingerprint density at radius 3 is 1.50 bits per heavy atom. The van der Waals surface area contributed by atoms with Gasteiger partial charge in [-0.25, -0.2) is 0 Å². The summed E-state index contributed by atoms with van der Waals surface area (Å²) in [4.78, 5) is 10.3. The van der Waals surface area contributed by atoms with Crippen molar-refractivity contribution >= 4 is 54.9 Å². The third kappa shape index (κ3) is 22.9. The van der Waals surface area contributed by atoms with Crippen molar-refractivity contribution in [2.24, 2.45) is 0 Å². The summed E-state index contributed by atoms with van der Waals surface area (Å²) >= 11 is 0. The van der Waals surface area contributed by atoms with Crippen LogP contribution in [0.15, 0.2) is 0 Å². The van der Waals surface area contributed by atoms with Crippen LogP contribution in [0.3, 0.4) is 0 Å². The minimum absolute atomic E-state index is 0. The van der Waals surface area contributed by atoms with Crippen LogP contribution in [0.4, 0.5) is 0 Å². The molecule has 111 valence electrons. The van der Waals surface area contributed by atoms with Crippen LogP contribution in [-0.4, -0.2) is 60.0 Å². The standard InChI is InChI=1S/C14H28O2.Au.Ba.2H/c1-2-3-4-5-6-7-8-9-10-11-12-13-14(15)16;;;;/h2-13H2,1H3,(H,15,16);;;;/q;;+2;2*-1. The summed E-state index contributed by atoms with van der Waals surface area (Å²) < 4.78 is 0. The van der Waals surface area contributed by atoms with E-state index in [0.29, 0.717) is 6.42 Å². The van der Waals surface area contributed by atoms with Gasteiger partial charge >= 0.3 is 54.9 Å². The normalized spacial score (nSPS) is 9.39. The first-order chi connectivity index (χ1) is 7.77. The van der Waals surface area contributed by atoms with Gasteiger partial charge in [-0.1, -0.05) is 71.1 Å². The smallest absolute Gasteiger partial charge is 1.00 e. The fourth-order valence-electron chi connectivity index (χ4n) is 1.94. The van der Waals surface area contributed by atoms with Gasteiger partial charge in [-0.3, -0.25) is 4.79 Å². The van der Waals surface area contributed by atoms with E-state index in [2.05, 4.69) is 6.92 Å². The summed E-state index contributed by atoms with van der Waals surface area (Å²) in [5, 5.41) is 8.46. The van der Waals surface area contributed by atoms with Crippen molar-refractivity contribution in [3.63, 3.8) is 0 Å². The molecular weight excluding hydrogens is 534 g/mol. The molecule has 0 unspecified atom stereocenters. The minimum atomic E-state index is -0.657. The molecule has 18 heavy (non-hydrogen) atoms. The monoisotopic (exact) mass is 565 g/mol. The number of hydrogen-bond donors (Lipinski definition) is 1. The van der Waals surface area contributed by atoms with Crippen molar-refractivity contribution in [1.82, 2.24) is 0 Å². The number of rotatable bonds is 12. The molecule has 0 aliphatic heterocycles. The van der Waals surface area contributed by atoms with Crippen molar-refractivity contribution in [2.75, 3.05) is 0 Å². The SMILES string of the molecule is CCCCCCCCCCCCCC(=O)O.[Au].[Ba+2].[H-].[H-]. The topological polar surface area (TPSA) is 37.3 Å². The van der Waals surface area contributed by atoms with Crippen molar-refractivity contribution in [1.29, 1.82) is 0 Å². The fourth-order valence-corrected chi connectivity index (χ4v) is 1.94. The molecule has 1 N–H and O–H groups in total. The van der Waals surface area contributed by atoms with Gasteiger partial charge in [-0.15, -0.1) is 0 Å². The molecule has 2 nitrogen and oxygen atoms in total. The maximum Gasteiger partial charge on any atom is 2.00 e. The van der Waals surface area contributed by atoms with Crippen LogP contribution >= 0.6 is 0 Å². The molecule has 0 aliphatic rings. The predicted octanol–water partition coefficient (Wildman–Crippen LogP) is 4.61. The molecule has 0 heterocycles. The molecular formula is C14H30AuBaO2. The van der Waals surface area contributed by atoms with E-state index in [1.165, 1.54) is 57.8 Å². The summed E-state index contributed by atoms with van der Waals surface area (Å²) in [7, 11) is 0. The molecule has 0 spiro atoms. The van der Waals surface area contributed by atoms with Crippen molar-refractivity contribution in [3.8, 4) is 0 Å². The van der Waals surface area contributed by atoms with Gasteiger partial charge in [0.25, 0.3) is 0 Å². The Hall–Kier alpha value is 1.78. The number of carboxylic acids is 1. The van der Waals surface area contributed by atoms with E-state index < -0.39 is 5.97 Å². The van der Waals surface area contributed by atoms with Crippen LogP contribution < -0.4 is 0 Å². The van der Waals surface area contributed by atoms with E-state index in [1.807, 2.05) is 0 Å². The molecule has 1 radical (unpaired) electrons. The van der Waals surface area contributed by atoms with E-state index in [4.69, 9.17) is 5.11 Å². The number of unbranched alkanes of at least 4 members (excludes halogenated alkanes) is 10. The average Bonchev–Trinajstić information content (AvgIpc) is 2.25. The quantitative estimate of drug-likeness (QED) is 0.278. The molecule has 0 fully saturated rings. The van der Waals surface area contributed by atoms with Crippen LogP contribution in [0.2, 0.25) is 0 Å². The maximum atomic E-state index is 10.3. The van der Waals surface area contributed by atoms with Gasteiger partial charge in [0.15, 0.2) is 0 Å². The molecule has 0 bridgehead atoms. The second-order valence-corrected chi connectivity index (χ2v) is 4.68. The van der Waals surface area contributed by atoms with Gasteiger partial charge in [0.05, 0.1) is 0 Å². The summed E-state index contributed by atoms with van der Waals surface area (Å²) in [6.07, 6.45) is 14.4. The van der Waals surface area contributed by atoms with Gasteiger partial charge in [0.1, 0.15) is 0 Å². The van der Waals surface area contributed by atoms with Gasteiger partial charge in [0.2, 0.25) is 0 Å². The van der Waals surface area contributed by atoms with E-state index in [1.54, 1.807) is 0 Å². The summed E-state index contributed by atoms with van der Waals surface area (Å²) in [5.74, 6) is -0.657. The van der Waals surface area contributed by atoms with E-state index >= 15 is 0 Å². The van der Waals surface area contributed by atoms with Crippen molar-refractivity contribution < 1.29 is 35.1 Å². The van der Waals surface area contributed by atoms with Crippen LogP contribution in [-0.2, 0) is 27.2 Å². The largest absolute Gasteiger partial charge is 2.00 e. The third-order valence-electron chi connectivity index (χ3n) is 2.99. The Morgan fingerprint density at radius 2 is 1.17 bits per heavy atom. The zero-order valence-corrected chi connectivity index (χ0v) is 18.5. The minimum Gasteiger partial charge on any atom is -1.00 e. The van der Waals surface area contributed by atoms with Crippen molar-refractivity contribution in [2.45, 2.75) is 84.0 Å². The molecule has 0 saturated carbocycles. The molecule has 0 aromatic heterocycles. The molecule has 0 saturated heterocycles. The zero-order chi connectivity index (χ0) is 12.1. The first kappa shape index (κ1) is 24.8. The second-order valence-electron chi connectivity index (χ2n) is 4.68. The Bertz CT molecular complexity index is 175. The van der Waals surface area contributed by atoms with Crippen LogP contribution in [0, 0.1) is 0 Å². The van der Waals surface area contributed by atoms with E-state index in [0.717, 1.165) is 12.8 Å². The number of carboxylic acid groups (broad SMARTS) is 1. The molecule has 0 rings (SSSR count).